The van der Waals surface area contributed by atoms with Crippen molar-refractivity contribution in [2.75, 3.05) is 6.54 Å². The van der Waals surface area contributed by atoms with Crippen molar-refractivity contribution in [1.29, 1.82) is 0 Å². The molecular formula is C8H12N2O4. The summed E-state index contributed by atoms with van der Waals surface area (Å²) in [4.78, 5) is 32.3. The summed E-state index contributed by atoms with van der Waals surface area (Å²) >= 11 is 0. The van der Waals surface area contributed by atoms with Gasteiger partial charge in [-0.3, -0.25) is 14.4 Å². The summed E-state index contributed by atoms with van der Waals surface area (Å²) in [6, 6.07) is 0. The molecule has 6 nitrogen and oxygen atoms in total. The Balaban J connectivity index is 2.43. The standard InChI is InChI=1S/C8H12N2O4/c1-5(11)10-8(2-3-8)7(14)9-4-6(12)13/h2-4H2,1H3,(H,9,14)(H,10,11)(H,12,13). The van der Waals surface area contributed by atoms with E-state index in [0.717, 1.165) is 0 Å². The molecule has 0 spiro atoms. The van der Waals surface area contributed by atoms with E-state index in [-0.39, 0.29) is 5.91 Å². The SMILES string of the molecule is CC(=O)NC1(C(=O)NCC(=O)O)CC1. The average molecular weight is 200 g/mol. The number of carboxylic acid groups (broad SMARTS) is 1. The van der Waals surface area contributed by atoms with Gasteiger partial charge in [0.15, 0.2) is 0 Å². The van der Waals surface area contributed by atoms with Crippen LogP contribution in [0.15, 0.2) is 0 Å². The first-order valence-corrected chi connectivity index (χ1v) is 4.25. The van der Waals surface area contributed by atoms with E-state index >= 15 is 0 Å². The average Bonchev–Trinajstić information content (AvgIpc) is 2.80. The molecule has 3 N–H and O–H groups in total. The van der Waals surface area contributed by atoms with Gasteiger partial charge in [0.25, 0.3) is 0 Å². The van der Waals surface area contributed by atoms with Crippen molar-refractivity contribution in [2.45, 2.75) is 25.3 Å². The summed E-state index contributed by atoms with van der Waals surface area (Å²) in [7, 11) is 0. The Labute approximate surface area is 80.7 Å². The molecule has 1 fully saturated rings. The molecule has 2 amide bonds. The number of carboxylic acids is 1. The molecule has 1 saturated carbocycles. The van der Waals surface area contributed by atoms with Crippen molar-refractivity contribution in [3.8, 4) is 0 Å². The van der Waals surface area contributed by atoms with E-state index in [0.29, 0.717) is 12.8 Å². The van der Waals surface area contributed by atoms with Crippen LogP contribution in [0.2, 0.25) is 0 Å². The maximum absolute atomic E-state index is 11.4. The fourth-order valence-electron chi connectivity index (χ4n) is 1.20. The van der Waals surface area contributed by atoms with E-state index in [1.54, 1.807) is 0 Å². The molecule has 6 heteroatoms. The second-order valence-corrected chi connectivity index (χ2v) is 3.34. The highest BCUT2D eigenvalue weighted by Crippen LogP contribution is 2.35. The lowest BCUT2D eigenvalue weighted by molar-refractivity contribution is -0.138. The number of hydrogen-bond donors (Lipinski definition) is 3. The van der Waals surface area contributed by atoms with E-state index in [2.05, 4.69) is 10.6 Å². The van der Waals surface area contributed by atoms with Gasteiger partial charge in [0.05, 0.1) is 0 Å². The van der Waals surface area contributed by atoms with Gasteiger partial charge in [-0.2, -0.15) is 0 Å². The Bertz CT molecular complexity index is 283. The maximum atomic E-state index is 11.4. The number of aliphatic carboxylic acids is 1. The monoisotopic (exact) mass is 200 g/mol. The lowest BCUT2D eigenvalue weighted by Gasteiger charge is -2.14. The van der Waals surface area contributed by atoms with Crippen LogP contribution in [0.25, 0.3) is 0 Å². The molecule has 0 unspecified atom stereocenters. The van der Waals surface area contributed by atoms with E-state index in [1.165, 1.54) is 6.92 Å². The molecule has 0 bridgehead atoms. The zero-order chi connectivity index (χ0) is 10.8. The van der Waals surface area contributed by atoms with Gasteiger partial charge in [-0.25, -0.2) is 0 Å². The molecule has 0 aliphatic heterocycles. The van der Waals surface area contributed by atoms with Crippen LogP contribution in [0.5, 0.6) is 0 Å². The van der Waals surface area contributed by atoms with Crippen LogP contribution < -0.4 is 10.6 Å². The summed E-state index contributed by atoms with van der Waals surface area (Å²) in [5.41, 5.74) is -0.846. The van der Waals surface area contributed by atoms with E-state index in [9.17, 15) is 14.4 Å². The van der Waals surface area contributed by atoms with Gasteiger partial charge in [0.2, 0.25) is 11.8 Å². The molecule has 0 saturated heterocycles. The molecule has 0 atom stereocenters. The minimum Gasteiger partial charge on any atom is -0.480 e. The van der Waals surface area contributed by atoms with Gasteiger partial charge in [-0.05, 0) is 12.8 Å². The molecule has 0 radical (unpaired) electrons. The number of carbonyl (C=O) groups excluding carboxylic acids is 2. The Morgan fingerprint density at radius 3 is 2.29 bits per heavy atom. The maximum Gasteiger partial charge on any atom is 0.322 e. The van der Waals surface area contributed by atoms with Crippen molar-refractivity contribution < 1.29 is 19.5 Å². The van der Waals surface area contributed by atoms with Crippen molar-refractivity contribution in [3.05, 3.63) is 0 Å². The van der Waals surface area contributed by atoms with Crippen molar-refractivity contribution in [2.24, 2.45) is 0 Å². The predicted octanol–water partition coefficient (Wildman–Crippen LogP) is -1.14. The minimum absolute atomic E-state index is 0.284. The summed E-state index contributed by atoms with van der Waals surface area (Å²) < 4.78 is 0. The van der Waals surface area contributed by atoms with Gasteiger partial charge >= 0.3 is 5.97 Å². The smallest absolute Gasteiger partial charge is 0.322 e. The first kappa shape index (κ1) is 10.5. The number of amides is 2. The minimum atomic E-state index is -1.10. The second-order valence-electron chi connectivity index (χ2n) is 3.34. The molecule has 1 aliphatic rings. The van der Waals surface area contributed by atoms with Crippen LogP contribution in [0.3, 0.4) is 0 Å². The summed E-state index contributed by atoms with van der Waals surface area (Å²) in [5, 5.41) is 13.1. The first-order chi connectivity index (χ1) is 6.46. The van der Waals surface area contributed by atoms with Crippen LogP contribution in [0.4, 0.5) is 0 Å². The van der Waals surface area contributed by atoms with E-state index in [4.69, 9.17) is 5.11 Å². The molecule has 1 rings (SSSR count). The number of hydrogen-bond acceptors (Lipinski definition) is 3. The summed E-state index contributed by atoms with van der Waals surface area (Å²) in [6.45, 7) is 0.907. The van der Waals surface area contributed by atoms with Gasteiger partial charge in [-0.1, -0.05) is 0 Å². The van der Waals surface area contributed by atoms with Crippen LogP contribution in [-0.4, -0.2) is 35.0 Å². The Morgan fingerprint density at radius 1 is 1.36 bits per heavy atom. The molecule has 14 heavy (non-hydrogen) atoms. The van der Waals surface area contributed by atoms with E-state index in [1.807, 2.05) is 0 Å². The van der Waals surface area contributed by atoms with Crippen LogP contribution in [-0.2, 0) is 14.4 Å². The molecule has 0 aromatic carbocycles. The van der Waals surface area contributed by atoms with Gasteiger partial charge in [0, 0.05) is 6.92 Å². The zero-order valence-electron chi connectivity index (χ0n) is 7.79. The first-order valence-electron chi connectivity index (χ1n) is 4.25. The fourth-order valence-corrected chi connectivity index (χ4v) is 1.20. The lowest BCUT2D eigenvalue weighted by atomic mass is 10.2. The largest absolute Gasteiger partial charge is 0.480 e. The third-order valence-electron chi connectivity index (χ3n) is 2.00. The molecule has 0 heterocycles. The van der Waals surface area contributed by atoms with Crippen molar-refractivity contribution in [3.63, 3.8) is 0 Å². The van der Waals surface area contributed by atoms with Gasteiger partial charge in [0.1, 0.15) is 12.1 Å². The van der Waals surface area contributed by atoms with Crippen molar-refractivity contribution >= 4 is 17.8 Å². The predicted molar refractivity (Wildman–Crippen MR) is 46.4 cm³/mol. The van der Waals surface area contributed by atoms with E-state index < -0.39 is 24.0 Å². The normalized spacial score (nSPS) is 16.9. The van der Waals surface area contributed by atoms with Gasteiger partial charge < -0.3 is 15.7 Å². The molecule has 78 valence electrons. The number of carbonyl (C=O) groups is 3. The number of rotatable bonds is 4. The number of nitrogens with one attached hydrogen (secondary N) is 2. The highest BCUT2D eigenvalue weighted by Gasteiger charge is 2.50. The van der Waals surface area contributed by atoms with Crippen molar-refractivity contribution in [1.82, 2.24) is 10.6 Å². The third kappa shape index (κ3) is 2.45. The topological polar surface area (TPSA) is 95.5 Å². The Morgan fingerprint density at radius 2 is 1.93 bits per heavy atom. The van der Waals surface area contributed by atoms with Gasteiger partial charge in [-0.15, -0.1) is 0 Å². The lowest BCUT2D eigenvalue weighted by Crippen LogP contribution is -2.49. The zero-order valence-corrected chi connectivity index (χ0v) is 7.79. The molecule has 0 aromatic rings. The molecule has 0 aromatic heterocycles. The third-order valence-corrected chi connectivity index (χ3v) is 2.00. The fraction of sp³-hybridized carbons (Fsp3) is 0.625. The van der Waals surface area contributed by atoms with Crippen LogP contribution in [0.1, 0.15) is 19.8 Å². The van der Waals surface area contributed by atoms with Crippen LogP contribution >= 0.6 is 0 Å². The molecule has 1 aliphatic carbocycles. The highest BCUT2D eigenvalue weighted by atomic mass is 16.4. The second kappa shape index (κ2) is 3.65. The summed E-state index contributed by atoms with van der Waals surface area (Å²) in [6.07, 6.45) is 1.13. The summed E-state index contributed by atoms with van der Waals surface area (Å²) in [5.74, 6) is -1.81. The quantitative estimate of drug-likeness (QED) is 0.534. The van der Waals surface area contributed by atoms with Crippen LogP contribution in [0, 0.1) is 0 Å². The Kier molecular flexibility index (Phi) is 2.73. The Hall–Kier alpha value is -1.59. The molecular weight excluding hydrogens is 188 g/mol. The highest BCUT2D eigenvalue weighted by molar-refractivity contribution is 5.94.